The average molecular weight is 501 g/mol. The summed E-state index contributed by atoms with van der Waals surface area (Å²) in [5.74, 6) is 0. The molecule has 0 aliphatic heterocycles. The molecule has 2 nitrogen and oxygen atoms in total. The zero-order valence-corrected chi connectivity index (χ0v) is 18.4. The third-order valence-electron chi connectivity index (χ3n) is 4.10. The minimum absolute atomic E-state index is 0. The largest absolute Gasteiger partial charge is 1.00 e. The predicted octanol–water partition coefficient (Wildman–Crippen LogP) is 3.26. The third kappa shape index (κ3) is 4.86. The van der Waals surface area contributed by atoms with E-state index in [4.69, 9.17) is 4.99 Å². The summed E-state index contributed by atoms with van der Waals surface area (Å²) in [4.78, 5) is 5.87. The van der Waals surface area contributed by atoms with Gasteiger partial charge in [0.2, 0.25) is 0 Å². The summed E-state index contributed by atoms with van der Waals surface area (Å²) in [6, 6.07) is 29.1. The smallest absolute Gasteiger partial charge is 0.190 e. The van der Waals surface area contributed by atoms with Gasteiger partial charge in [0, 0.05) is 9.85 Å². The van der Waals surface area contributed by atoms with Gasteiger partial charge in [-0.1, -0.05) is 76.6 Å². The Balaban J connectivity index is 0.00000210. The summed E-state index contributed by atoms with van der Waals surface area (Å²) in [5.41, 5.74) is 4.60. The Labute approximate surface area is 181 Å². The van der Waals surface area contributed by atoms with Crippen molar-refractivity contribution in [2.45, 2.75) is 6.54 Å². The minimum Gasteiger partial charge on any atom is -1.00 e. The van der Waals surface area contributed by atoms with Crippen LogP contribution < -0.4 is 21.8 Å². The number of aromatic nitrogens is 1. The van der Waals surface area contributed by atoms with Crippen molar-refractivity contribution in [1.29, 1.82) is 0 Å². The molecule has 0 aliphatic carbocycles. The van der Waals surface area contributed by atoms with Crippen LogP contribution in [0, 0.1) is 0 Å². The number of para-hydroxylation sites is 1. The van der Waals surface area contributed by atoms with Crippen LogP contribution in [-0.4, -0.2) is 4.57 Å². The highest BCUT2D eigenvalue weighted by molar-refractivity contribution is 9.10. The fraction of sp³-hybridized carbons (Fsp3) is 0.0455. The maximum Gasteiger partial charge on any atom is 0.190 e. The van der Waals surface area contributed by atoms with Crippen molar-refractivity contribution >= 4 is 33.0 Å². The van der Waals surface area contributed by atoms with E-state index in [2.05, 4.69) is 74.4 Å². The molecule has 0 spiro atoms. The standard InChI is InChI=1S/C22H17BrN2S.BrH/c23-19-13-11-18(12-14-19)21-16-26-22(24-20-9-5-2-6-10-20)25(21)15-17-7-3-1-4-8-17;/h1-14,16H,15H2;1H/p-1. The lowest BCUT2D eigenvalue weighted by Gasteiger charge is -2.10. The van der Waals surface area contributed by atoms with Crippen LogP contribution in [0.2, 0.25) is 0 Å². The van der Waals surface area contributed by atoms with Gasteiger partial charge in [-0.25, -0.2) is 4.99 Å². The number of halogens is 2. The second kappa shape index (κ2) is 9.31. The Bertz CT molecular complexity index is 1050. The van der Waals surface area contributed by atoms with E-state index in [1.807, 2.05) is 36.4 Å². The molecule has 4 rings (SSSR count). The molecule has 27 heavy (non-hydrogen) atoms. The van der Waals surface area contributed by atoms with Crippen molar-refractivity contribution in [3.05, 3.63) is 105 Å². The molecule has 0 saturated heterocycles. The molecule has 0 unspecified atom stereocenters. The molecule has 0 aliphatic rings. The SMILES string of the molecule is Brc1ccc(-c2csc(=Nc3ccccc3)n2Cc2ccccc2)cc1.[Br-]. The summed E-state index contributed by atoms with van der Waals surface area (Å²) in [5, 5.41) is 2.19. The summed E-state index contributed by atoms with van der Waals surface area (Å²) < 4.78 is 3.37. The highest BCUT2D eigenvalue weighted by Crippen LogP contribution is 2.24. The fourth-order valence-corrected chi connectivity index (χ4v) is 3.99. The number of hydrogen-bond donors (Lipinski definition) is 0. The van der Waals surface area contributed by atoms with Crippen molar-refractivity contribution < 1.29 is 17.0 Å². The van der Waals surface area contributed by atoms with E-state index in [0.717, 1.165) is 21.5 Å². The molecule has 1 aromatic heterocycles. The first-order valence-electron chi connectivity index (χ1n) is 8.37. The van der Waals surface area contributed by atoms with Crippen molar-refractivity contribution in [2.75, 3.05) is 0 Å². The predicted molar refractivity (Wildman–Crippen MR) is 113 cm³/mol. The Morgan fingerprint density at radius 1 is 0.815 bits per heavy atom. The average Bonchev–Trinajstić information content (AvgIpc) is 3.06. The molecule has 4 aromatic rings. The molecule has 0 atom stereocenters. The van der Waals surface area contributed by atoms with Crippen molar-refractivity contribution in [3.63, 3.8) is 0 Å². The van der Waals surface area contributed by atoms with Crippen molar-refractivity contribution in [1.82, 2.24) is 4.57 Å². The number of thiazole rings is 1. The van der Waals surface area contributed by atoms with Gasteiger partial charge in [0.15, 0.2) is 4.80 Å². The van der Waals surface area contributed by atoms with Gasteiger partial charge in [-0.3, -0.25) is 0 Å². The van der Waals surface area contributed by atoms with E-state index >= 15 is 0 Å². The van der Waals surface area contributed by atoms with Gasteiger partial charge in [-0.2, -0.15) is 0 Å². The lowest BCUT2D eigenvalue weighted by atomic mass is 10.1. The van der Waals surface area contributed by atoms with Crippen LogP contribution in [0.1, 0.15) is 5.56 Å². The van der Waals surface area contributed by atoms with E-state index in [1.54, 1.807) is 11.3 Å². The summed E-state index contributed by atoms with van der Waals surface area (Å²) >= 11 is 5.19. The fourth-order valence-electron chi connectivity index (χ4n) is 2.80. The molecular weight excluding hydrogens is 484 g/mol. The van der Waals surface area contributed by atoms with Crippen LogP contribution in [0.25, 0.3) is 11.3 Å². The molecule has 0 radical (unpaired) electrons. The Kier molecular flexibility index (Phi) is 6.83. The van der Waals surface area contributed by atoms with Gasteiger partial charge >= 0.3 is 0 Å². The van der Waals surface area contributed by atoms with Gasteiger partial charge in [0.1, 0.15) is 0 Å². The summed E-state index contributed by atoms with van der Waals surface area (Å²) in [7, 11) is 0. The van der Waals surface area contributed by atoms with Crippen LogP contribution in [-0.2, 0) is 6.54 Å². The summed E-state index contributed by atoms with van der Waals surface area (Å²) in [6.07, 6.45) is 0. The van der Waals surface area contributed by atoms with Gasteiger partial charge in [0.25, 0.3) is 0 Å². The highest BCUT2D eigenvalue weighted by Gasteiger charge is 2.09. The van der Waals surface area contributed by atoms with Gasteiger partial charge in [-0.05, 0) is 35.4 Å². The first kappa shape index (κ1) is 19.8. The number of nitrogens with zero attached hydrogens (tertiary/aromatic N) is 2. The van der Waals surface area contributed by atoms with E-state index in [-0.39, 0.29) is 17.0 Å². The molecule has 0 bridgehead atoms. The molecule has 0 N–H and O–H groups in total. The lowest BCUT2D eigenvalue weighted by Crippen LogP contribution is -3.00. The molecule has 1 heterocycles. The van der Waals surface area contributed by atoms with E-state index < -0.39 is 0 Å². The van der Waals surface area contributed by atoms with E-state index in [1.165, 1.54) is 16.8 Å². The van der Waals surface area contributed by atoms with Crippen LogP contribution in [0.15, 0.2) is 99.8 Å². The summed E-state index contributed by atoms with van der Waals surface area (Å²) in [6.45, 7) is 0.793. The molecule has 0 saturated carbocycles. The first-order chi connectivity index (χ1) is 12.8. The second-order valence-electron chi connectivity index (χ2n) is 5.93. The van der Waals surface area contributed by atoms with Crippen LogP contribution in [0.5, 0.6) is 0 Å². The zero-order valence-electron chi connectivity index (χ0n) is 14.4. The Morgan fingerprint density at radius 3 is 2.11 bits per heavy atom. The van der Waals surface area contributed by atoms with Gasteiger partial charge in [-0.15, -0.1) is 11.3 Å². The van der Waals surface area contributed by atoms with Crippen LogP contribution in [0.4, 0.5) is 5.69 Å². The lowest BCUT2D eigenvalue weighted by molar-refractivity contribution is -0.00000496. The Hall–Kier alpha value is -1.95. The molecule has 136 valence electrons. The quantitative estimate of drug-likeness (QED) is 0.409. The maximum atomic E-state index is 4.87. The van der Waals surface area contributed by atoms with E-state index in [0.29, 0.717) is 0 Å². The molecule has 0 amide bonds. The molecule has 5 heteroatoms. The second-order valence-corrected chi connectivity index (χ2v) is 7.68. The number of hydrogen-bond acceptors (Lipinski definition) is 2. The monoisotopic (exact) mass is 499 g/mol. The van der Waals surface area contributed by atoms with E-state index in [9.17, 15) is 0 Å². The third-order valence-corrected chi connectivity index (χ3v) is 5.49. The van der Waals surface area contributed by atoms with Crippen molar-refractivity contribution in [2.24, 2.45) is 4.99 Å². The number of benzene rings is 3. The number of rotatable bonds is 4. The first-order valence-corrected chi connectivity index (χ1v) is 10.0. The van der Waals surface area contributed by atoms with Crippen molar-refractivity contribution in [3.8, 4) is 11.3 Å². The minimum atomic E-state index is 0. The zero-order chi connectivity index (χ0) is 17.8. The van der Waals surface area contributed by atoms with Crippen LogP contribution in [0.3, 0.4) is 0 Å². The van der Waals surface area contributed by atoms with Crippen LogP contribution >= 0.6 is 27.3 Å². The molecular formula is C22H17Br2N2S-. The van der Waals surface area contributed by atoms with Gasteiger partial charge < -0.3 is 21.5 Å². The molecule has 0 fully saturated rings. The Morgan fingerprint density at radius 2 is 1.44 bits per heavy atom. The molecule has 3 aromatic carbocycles. The highest BCUT2D eigenvalue weighted by atomic mass is 79.9. The topological polar surface area (TPSA) is 17.3 Å². The normalized spacial score (nSPS) is 11.2. The maximum absolute atomic E-state index is 4.87. The van der Waals surface area contributed by atoms with Gasteiger partial charge in [0.05, 0.1) is 17.9 Å².